The maximum atomic E-state index is 13.9. The van der Waals surface area contributed by atoms with Crippen LogP contribution >= 0.6 is 0 Å². The van der Waals surface area contributed by atoms with Gasteiger partial charge in [0.25, 0.3) is 5.91 Å². The number of ketones is 2. The minimum atomic E-state index is -2.59. The molecule has 1 amide bonds. The van der Waals surface area contributed by atoms with Crippen LogP contribution in [0.3, 0.4) is 0 Å². The van der Waals surface area contributed by atoms with Gasteiger partial charge in [0.05, 0.1) is 5.56 Å². The number of hydrogen-bond acceptors (Lipinski definition) is 8. The zero-order chi connectivity index (χ0) is 30.2. The van der Waals surface area contributed by atoms with Crippen molar-refractivity contribution in [3.63, 3.8) is 0 Å². The molecule has 216 valence electrons. The SMILES string of the molecule is CN(C)Cc1cccc(-c2cc(C(C)(C)C)c(O)c3c2C[C@H]2C[C@H]4CC(=O)C(C(N)=O)=C(O)[C@@]4(O)C(=O)C2=C3O)c1. The number of Topliss-reactive ketones (excluding diaryl/α,β-unsaturated/α-hetero) is 2. The van der Waals surface area contributed by atoms with Gasteiger partial charge in [-0.1, -0.05) is 39.0 Å². The quantitative estimate of drug-likeness (QED) is 0.355. The van der Waals surface area contributed by atoms with E-state index in [0.717, 1.165) is 16.7 Å². The van der Waals surface area contributed by atoms with E-state index in [2.05, 4.69) is 11.0 Å². The highest BCUT2D eigenvalue weighted by Crippen LogP contribution is 2.54. The average Bonchev–Trinajstić information content (AvgIpc) is 2.85. The van der Waals surface area contributed by atoms with E-state index in [1.807, 2.05) is 59.1 Å². The molecule has 0 spiro atoms. The number of aliphatic hydroxyl groups excluding tert-OH is 2. The first kappa shape index (κ1) is 28.6. The molecule has 1 fully saturated rings. The van der Waals surface area contributed by atoms with Crippen molar-refractivity contribution in [3.8, 4) is 16.9 Å². The van der Waals surface area contributed by atoms with Crippen LogP contribution in [0.4, 0.5) is 0 Å². The number of amides is 1. The fourth-order valence-electron chi connectivity index (χ4n) is 6.72. The smallest absolute Gasteiger partial charge is 0.255 e. The summed E-state index contributed by atoms with van der Waals surface area (Å²) in [6, 6.07) is 9.94. The maximum absolute atomic E-state index is 13.9. The zero-order valence-corrected chi connectivity index (χ0v) is 23.9. The topological polar surface area (TPSA) is 161 Å². The largest absolute Gasteiger partial charge is 0.508 e. The molecule has 2 aromatic carbocycles. The second kappa shape index (κ2) is 9.56. The van der Waals surface area contributed by atoms with Crippen LogP contribution < -0.4 is 5.73 Å². The Morgan fingerprint density at radius 3 is 2.39 bits per heavy atom. The molecule has 41 heavy (non-hydrogen) atoms. The first-order valence-electron chi connectivity index (χ1n) is 13.7. The Kier molecular flexibility index (Phi) is 6.67. The lowest BCUT2D eigenvalue weighted by atomic mass is 9.59. The number of phenols is 1. The molecule has 6 N–H and O–H groups in total. The van der Waals surface area contributed by atoms with Gasteiger partial charge >= 0.3 is 0 Å². The summed E-state index contributed by atoms with van der Waals surface area (Å²) < 4.78 is 0. The van der Waals surface area contributed by atoms with Gasteiger partial charge in [0.2, 0.25) is 5.78 Å². The van der Waals surface area contributed by atoms with Crippen LogP contribution in [-0.4, -0.2) is 62.5 Å². The summed E-state index contributed by atoms with van der Waals surface area (Å²) in [5.74, 6) is -6.31. The van der Waals surface area contributed by atoms with Crippen molar-refractivity contribution in [1.82, 2.24) is 4.90 Å². The first-order valence-corrected chi connectivity index (χ1v) is 13.7. The number of rotatable bonds is 4. The molecule has 0 unspecified atom stereocenters. The molecule has 3 atom stereocenters. The number of benzene rings is 2. The lowest BCUT2D eigenvalue weighted by Gasteiger charge is -2.46. The van der Waals surface area contributed by atoms with E-state index >= 15 is 0 Å². The number of carbonyl (C=O) groups is 3. The molecular weight excluding hydrogens is 524 g/mol. The average molecular weight is 561 g/mol. The van der Waals surface area contributed by atoms with Crippen LogP contribution in [0.5, 0.6) is 5.75 Å². The third kappa shape index (κ3) is 4.35. The number of aromatic hydroxyl groups is 1. The molecule has 9 nitrogen and oxygen atoms in total. The Morgan fingerprint density at radius 2 is 1.78 bits per heavy atom. The summed E-state index contributed by atoms with van der Waals surface area (Å²) in [5.41, 5.74) is 5.33. The summed E-state index contributed by atoms with van der Waals surface area (Å²) in [5, 5.41) is 45.6. The van der Waals surface area contributed by atoms with Crippen molar-refractivity contribution in [2.75, 3.05) is 14.1 Å². The number of nitrogens with zero attached hydrogens (tertiary/aromatic N) is 1. The standard InChI is InChI=1S/C32H36N2O7/c1-31(2,3)21-13-19(16-8-6-7-15(9-16)14-34(4)5)20-11-17-10-18-12-22(35)25(30(33)40)29(39)32(18,41)28(38)23(17)27(37)24(20)26(21)36/h6-9,13,17-18,36-37,39,41H,10-12,14H2,1-5H3,(H2,33,40)/t17-,18+,32+/m1/s1. The van der Waals surface area contributed by atoms with Crippen molar-refractivity contribution < 1.29 is 34.8 Å². The van der Waals surface area contributed by atoms with Crippen molar-refractivity contribution in [1.29, 1.82) is 0 Å². The van der Waals surface area contributed by atoms with Crippen LogP contribution in [-0.2, 0) is 32.8 Å². The van der Waals surface area contributed by atoms with Gasteiger partial charge in [-0.3, -0.25) is 14.4 Å². The lowest BCUT2D eigenvalue weighted by Crippen LogP contribution is -2.58. The van der Waals surface area contributed by atoms with Gasteiger partial charge in [0.1, 0.15) is 22.8 Å². The minimum absolute atomic E-state index is 0.0881. The van der Waals surface area contributed by atoms with Gasteiger partial charge < -0.3 is 31.1 Å². The summed E-state index contributed by atoms with van der Waals surface area (Å²) in [6.45, 7) is 6.51. The number of nitrogens with two attached hydrogens (primary N) is 1. The molecule has 0 radical (unpaired) electrons. The highest BCUT2D eigenvalue weighted by Gasteiger charge is 2.60. The molecule has 1 saturated carbocycles. The number of primary amides is 1. The second-order valence-electron chi connectivity index (χ2n) is 12.8. The minimum Gasteiger partial charge on any atom is -0.508 e. The van der Waals surface area contributed by atoms with Gasteiger partial charge in [0, 0.05) is 30.0 Å². The summed E-state index contributed by atoms with van der Waals surface area (Å²) in [6.07, 6.45) is -0.0138. The highest BCUT2D eigenvalue weighted by atomic mass is 16.3. The Bertz CT molecular complexity index is 1580. The molecule has 9 heteroatoms. The predicted octanol–water partition coefficient (Wildman–Crippen LogP) is 3.45. The van der Waals surface area contributed by atoms with Crippen molar-refractivity contribution in [2.45, 2.75) is 57.6 Å². The van der Waals surface area contributed by atoms with Crippen LogP contribution in [0.15, 0.2) is 47.2 Å². The number of hydrogen-bond donors (Lipinski definition) is 5. The Hall–Kier alpha value is -3.95. The lowest BCUT2D eigenvalue weighted by molar-refractivity contribution is -0.147. The number of phenolic OH excluding ortho intramolecular Hbond substituents is 1. The first-order chi connectivity index (χ1) is 19.1. The molecule has 0 bridgehead atoms. The van der Waals surface area contributed by atoms with Gasteiger partial charge in [-0.05, 0) is 72.7 Å². The maximum Gasteiger partial charge on any atom is 0.255 e. The molecule has 5 rings (SSSR count). The molecule has 2 aromatic rings. The second-order valence-corrected chi connectivity index (χ2v) is 12.8. The monoisotopic (exact) mass is 560 g/mol. The number of aliphatic hydroxyl groups is 3. The van der Waals surface area contributed by atoms with E-state index in [-0.39, 0.29) is 36.1 Å². The van der Waals surface area contributed by atoms with Crippen molar-refractivity contribution in [3.05, 3.63) is 69.5 Å². The molecule has 3 aliphatic carbocycles. The fraction of sp³-hybridized carbons (Fsp3) is 0.406. The van der Waals surface area contributed by atoms with Crippen LogP contribution in [0, 0.1) is 11.8 Å². The molecule has 0 heterocycles. The van der Waals surface area contributed by atoms with E-state index in [9.17, 15) is 34.8 Å². The molecule has 3 aliphatic rings. The van der Waals surface area contributed by atoms with Crippen LogP contribution in [0.25, 0.3) is 16.9 Å². The van der Waals surface area contributed by atoms with Gasteiger partial charge in [-0.2, -0.15) is 0 Å². The normalized spacial score (nSPS) is 24.4. The van der Waals surface area contributed by atoms with Crippen LogP contribution in [0.1, 0.15) is 55.9 Å². The van der Waals surface area contributed by atoms with Gasteiger partial charge in [-0.15, -0.1) is 0 Å². The third-order valence-corrected chi connectivity index (χ3v) is 8.61. The Labute approximate surface area is 238 Å². The predicted molar refractivity (Wildman–Crippen MR) is 153 cm³/mol. The molecular formula is C32H36N2O7. The van der Waals surface area contributed by atoms with E-state index < -0.39 is 57.4 Å². The zero-order valence-electron chi connectivity index (χ0n) is 23.9. The molecule has 0 saturated heterocycles. The number of fused-ring (bicyclic) bond motifs is 3. The highest BCUT2D eigenvalue weighted by molar-refractivity contribution is 6.22. The van der Waals surface area contributed by atoms with Crippen molar-refractivity contribution in [2.24, 2.45) is 17.6 Å². The summed E-state index contributed by atoms with van der Waals surface area (Å²) >= 11 is 0. The summed E-state index contributed by atoms with van der Waals surface area (Å²) in [7, 11) is 3.96. The molecule has 0 aliphatic heterocycles. The Morgan fingerprint density at radius 1 is 1.10 bits per heavy atom. The van der Waals surface area contributed by atoms with Crippen LogP contribution in [0.2, 0.25) is 0 Å². The van der Waals surface area contributed by atoms with E-state index in [1.54, 1.807) is 0 Å². The Balaban J connectivity index is 1.76. The van der Waals surface area contributed by atoms with Gasteiger partial charge in [0.15, 0.2) is 11.4 Å². The van der Waals surface area contributed by atoms with E-state index in [0.29, 0.717) is 17.7 Å². The number of carbonyl (C=O) groups excluding carboxylic acids is 3. The van der Waals surface area contributed by atoms with Crippen molar-refractivity contribution >= 4 is 23.2 Å². The van der Waals surface area contributed by atoms with Gasteiger partial charge in [-0.25, -0.2) is 0 Å². The summed E-state index contributed by atoms with van der Waals surface area (Å²) in [4.78, 5) is 40.5. The molecule has 0 aromatic heterocycles. The fourth-order valence-corrected chi connectivity index (χ4v) is 6.72. The van der Waals surface area contributed by atoms with E-state index in [4.69, 9.17) is 5.73 Å². The third-order valence-electron chi connectivity index (χ3n) is 8.61. The van der Waals surface area contributed by atoms with E-state index in [1.165, 1.54) is 0 Å².